The third-order valence-corrected chi connectivity index (χ3v) is 4.52. The monoisotopic (exact) mass is 415 g/mol. The summed E-state index contributed by atoms with van der Waals surface area (Å²) < 4.78 is 0. The number of hydrazine groups is 1. The highest BCUT2D eigenvalue weighted by Gasteiger charge is 2.23. The van der Waals surface area contributed by atoms with Gasteiger partial charge in [0.05, 0.1) is 4.92 Å². The molecule has 0 aliphatic carbocycles. The molecule has 10 heteroatoms. The number of pyridine rings is 1. The van der Waals surface area contributed by atoms with Gasteiger partial charge in [-0.1, -0.05) is 42.5 Å². The van der Waals surface area contributed by atoms with Crippen LogP contribution in [0.2, 0.25) is 0 Å². The zero-order chi connectivity index (χ0) is 21.6. The third-order valence-electron chi connectivity index (χ3n) is 4.52. The second-order valence-corrected chi connectivity index (χ2v) is 6.50. The number of carbonyl (C=O) groups excluding carboxylic acids is 1. The molecule has 0 atom stereocenters. The molecule has 154 valence electrons. The summed E-state index contributed by atoms with van der Waals surface area (Å²) in [7, 11) is 0. The van der Waals surface area contributed by atoms with Crippen molar-refractivity contribution < 1.29 is 9.72 Å². The first kappa shape index (κ1) is 19.7. The summed E-state index contributed by atoms with van der Waals surface area (Å²) >= 11 is 0. The number of benzene rings is 2. The molecule has 0 fully saturated rings. The van der Waals surface area contributed by atoms with Gasteiger partial charge in [-0.25, -0.2) is 9.97 Å². The molecule has 0 aliphatic heterocycles. The van der Waals surface area contributed by atoms with Crippen molar-refractivity contribution >= 4 is 34.0 Å². The van der Waals surface area contributed by atoms with Crippen LogP contribution in [-0.4, -0.2) is 25.8 Å². The number of nitro groups is 1. The summed E-state index contributed by atoms with van der Waals surface area (Å²) in [5.41, 5.74) is 5.91. The van der Waals surface area contributed by atoms with E-state index in [4.69, 9.17) is 0 Å². The van der Waals surface area contributed by atoms with E-state index in [-0.39, 0.29) is 23.9 Å². The van der Waals surface area contributed by atoms with E-state index < -0.39 is 10.8 Å². The highest BCUT2D eigenvalue weighted by molar-refractivity contribution is 6.07. The molecule has 4 aromatic rings. The lowest BCUT2D eigenvalue weighted by Crippen LogP contribution is -2.30. The van der Waals surface area contributed by atoms with Crippen molar-refractivity contribution in [2.45, 2.75) is 6.54 Å². The van der Waals surface area contributed by atoms with Gasteiger partial charge in [0.25, 0.3) is 5.91 Å². The minimum Gasteiger partial charge on any atom is -0.360 e. The van der Waals surface area contributed by atoms with Gasteiger partial charge in [-0.2, -0.15) is 0 Å². The molecule has 2 aromatic carbocycles. The van der Waals surface area contributed by atoms with Gasteiger partial charge in [0.2, 0.25) is 11.6 Å². The Morgan fingerprint density at radius 3 is 2.61 bits per heavy atom. The van der Waals surface area contributed by atoms with Crippen LogP contribution in [0.1, 0.15) is 15.9 Å². The highest BCUT2D eigenvalue weighted by Crippen LogP contribution is 2.28. The Morgan fingerprint density at radius 1 is 1.00 bits per heavy atom. The molecule has 1 amide bonds. The van der Waals surface area contributed by atoms with E-state index in [0.717, 1.165) is 16.3 Å². The molecule has 0 unspecified atom stereocenters. The first-order chi connectivity index (χ1) is 15.1. The van der Waals surface area contributed by atoms with Crippen molar-refractivity contribution in [2.75, 3.05) is 10.7 Å². The number of amides is 1. The molecular formula is C21H17N7O3. The molecule has 31 heavy (non-hydrogen) atoms. The summed E-state index contributed by atoms with van der Waals surface area (Å²) in [6.45, 7) is 0.285. The van der Waals surface area contributed by atoms with Crippen LogP contribution in [0.5, 0.6) is 0 Å². The quantitative estimate of drug-likeness (QED) is 0.309. The number of anilines is 2. The van der Waals surface area contributed by atoms with Crippen LogP contribution in [0.15, 0.2) is 73.3 Å². The smallest absolute Gasteiger partial charge is 0.354 e. The lowest BCUT2D eigenvalue weighted by Gasteiger charge is -2.12. The molecule has 0 bridgehead atoms. The number of rotatable bonds is 7. The number of nitrogens with zero attached hydrogens (tertiary/aromatic N) is 4. The SMILES string of the molecule is O=C(NNc1ncnc(NCc2cccnc2)c1[N+](=O)[O-])c1cccc2ccccc12. The molecule has 10 nitrogen and oxygen atoms in total. The predicted octanol–water partition coefficient (Wildman–Crippen LogP) is 3.30. The molecule has 3 N–H and O–H groups in total. The fourth-order valence-electron chi connectivity index (χ4n) is 3.07. The summed E-state index contributed by atoms with van der Waals surface area (Å²) in [6.07, 6.45) is 4.45. The van der Waals surface area contributed by atoms with Gasteiger partial charge < -0.3 is 5.32 Å². The normalized spacial score (nSPS) is 10.5. The number of fused-ring (bicyclic) bond motifs is 1. The van der Waals surface area contributed by atoms with Crippen molar-refractivity contribution in [1.29, 1.82) is 0 Å². The topological polar surface area (TPSA) is 135 Å². The molecule has 0 radical (unpaired) electrons. The Morgan fingerprint density at radius 2 is 1.81 bits per heavy atom. The first-order valence-electron chi connectivity index (χ1n) is 9.30. The summed E-state index contributed by atoms with van der Waals surface area (Å²) in [5, 5.41) is 16.2. The second kappa shape index (κ2) is 8.82. The van der Waals surface area contributed by atoms with E-state index in [1.165, 1.54) is 6.33 Å². The van der Waals surface area contributed by atoms with E-state index in [2.05, 4.69) is 31.1 Å². The lowest BCUT2D eigenvalue weighted by atomic mass is 10.0. The van der Waals surface area contributed by atoms with Crippen LogP contribution < -0.4 is 16.2 Å². The summed E-state index contributed by atoms with van der Waals surface area (Å²) in [6, 6.07) is 16.4. The van der Waals surface area contributed by atoms with E-state index in [1.807, 2.05) is 36.4 Å². The second-order valence-electron chi connectivity index (χ2n) is 6.50. The Labute approximate surface area is 176 Å². The van der Waals surface area contributed by atoms with Crippen molar-refractivity contribution in [3.63, 3.8) is 0 Å². The van der Waals surface area contributed by atoms with Gasteiger partial charge in [-0.3, -0.25) is 30.7 Å². The zero-order valence-electron chi connectivity index (χ0n) is 16.1. The van der Waals surface area contributed by atoms with Crippen LogP contribution in [-0.2, 0) is 6.54 Å². The molecule has 2 heterocycles. The van der Waals surface area contributed by atoms with Gasteiger partial charge in [-0.15, -0.1) is 0 Å². The molecule has 2 aromatic heterocycles. The van der Waals surface area contributed by atoms with Gasteiger partial charge in [0.1, 0.15) is 6.33 Å². The minimum atomic E-state index is -0.613. The van der Waals surface area contributed by atoms with Crippen molar-refractivity contribution in [3.8, 4) is 0 Å². The Bertz CT molecular complexity index is 1240. The molecule has 0 spiro atoms. The van der Waals surface area contributed by atoms with Gasteiger partial charge in [0.15, 0.2) is 0 Å². The van der Waals surface area contributed by atoms with Crippen LogP contribution in [0.4, 0.5) is 17.3 Å². The fourth-order valence-corrected chi connectivity index (χ4v) is 3.07. The Hall–Kier alpha value is -4.60. The van der Waals surface area contributed by atoms with Crippen LogP contribution >= 0.6 is 0 Å². The molecule has 0 saturated heterocycles. The Balaban J connectivity index is 1.54. The summed E-state index contributed by atoms with van der Waals surface area (Å²) in [4.78, 5) is 35.6. The standard InChI is InChI=1S/C21H17N7O3/c29-21(17-9-3-7-15-6-1-2-8-16(15)17)27-26-20-18(28(30)31)19(24-13-25-20)23-12-14-5-4-10-22-11-14/h1-11,13H,12H2,(H,27,29)(H2,23,24,25,26). The van der Waals surface area contributed by atoms with E-state index >= 15 is 0 Å². The maximum absolute atomic E-state index is 12.7. The predicted molar refractivity (Wildman–Crippen MR) is 115 cm³/mol. The third kappa shape index (κ3) is 4.37. The number of aromatic nitrogens is 3. The van der Waals surface area contributed by atoms with Crippen LogP contribution in [0, 0.1) is 10.1 Å². The number of hydrogen-bond donors (Lipinski definition) is 3. The minimum absolute atomic E-state index is 0.0192. The molecule has 0 saturated carbocycles. The number of hydrogen-bond acceptors (Lipinski definition) is 8. The highest BCUT2D eigenvalue weighted by atomic mass is 16.6. The maximum Gasteiger partial charge on any atom is 0.354 e. The molecular weight excluding hydrogens is 398 g/mol. The van der Waals surface area contributed by atoms with Gasteiger partial charge >= 0.3 is 5.69 Å². The van der Waals surface area contributed by atoms with Crippen molar-refractivity contribution in [1.82, 2.24) is 20.4 Å². The molecule has 0 aliphatic rings. The van der Waals surface area contributed by atoms with E-state index in [0.29, 0.717) is 5.56 Å². The fraction of sp³-hybridized carbons (Fsp3) is 0.0476. The summed E-state index contributed by atoms with van der Waals surface area (Å²) in [5.74, 6) is -0.567. The van der Waals surface area contributed by atoms with Crippen LogP contribution in [0.3, 0.4) is 0 Å². The largest absolute Gasteiger partial charge is 0.360 e. The first-order valence-corrected chi connectivity index (χ1v) is 9.30. The van der Waals surface area contributed by atoms with E-state index in [1.54, 1.807) is 30.6 Å². The average Bonchev–Trinajstić information content (AvgIpc) is 2.81. The molecule has 4 rings (SSSR count). The van der Waals surface area contributed by atoms with E-state index in [9.17, 15) is 14.9 Å². The Kier molecular flexibility index (Phi) is 5.61. The lowest BCUT2D eigenvalue weighted by molar-refractivity contribution is -0.383. The average molecular weight is 415 g/mol. The number of nitrogens with one attached hydrogen (secondary N) is 3. The zero-order valence-corrected chi connectivity index (χ0v) is 16.1. The van der Waals surface area contributed by atoms with Gasteiger partial charge in [0, 0.05) is 24.5 Å². The maximum atomic E-state index is 12.7. The van der Waals surface area contributed by atoms with Gasteiger partial charge in [-0.05, 0) is 28.5 Å². The van der Waals surface area contributed by atoms with Crippen LogP contribution in [0.25, 0.3) is 10.8 Å². The van der Waals surface area contributed by atoms with Crippen molar-refractivity contribution in [3.05, 3.63) is 94.6 Å². The van der Waals surface area contributed by atoms with Crippen molar-refractivity contribution in [2.24, 2.45) is 0 Å². The number of carbonyl (C=O) groups is 1.